The zero-order valence-corrected chi connectivity index (χ0v) is 22.3. The molecular formula is C30H31N7O2. The van der Waals surface area contributed by atoms with Crippen LogP contribution in [0.15, 0.2) is 54.7 Å². The fourth-order valence-electron chi connectivity index (χ4n) is 4.69. The van der Waals surface area contributed by atoms with Crippen molar-refractivity contribution in [3.8, 4) is 40.2 Å². The lowest BCUT2D eigenvalue weighted by molar-refractivity contribution is 0.100. The summed E-state index contributed by atoms with van der Waals surface area (Å²) < 4.78 is 5.59. The zero-order chi connectivity index (χ0) is 27.5. The number of aromatic nitrogens is 3. The molecule has 1 amide bonds. The van der Waals surface area contributed by atoms with Gasteiger partial charge in [0.2, 0.25) is 5.95 Å². The number of carbonyl (C=O) groups is 1. The minimum atomic E-state index is -0.547. The normalized spacial score (nSPS) is 13.6. The van der Waals surface area contributed by atoms with Crippen molar-refractivity contribution >= 4 is 17.5 Å². The van der Waals surface area contributed by atoms with E-state index in [0.717, 1.165) is 48.6 Å². The van der Waals surface area contributed by atoms with Gasteiger partial charge >= 0.3 is 0 Å². The molecule has 198 valence electrons. The lowest BCUT2D eigenvalue weighted by Gasteiger charge is -2.34. The van der Waals surface area contributed by atoms with Gasteiger partial charge in [-0.2, -0.15) is 0 Å². The van der Waals surface area contributed by atoms with Crippen molar-refractivity contribution < 1.29 is 9.53 Å². The third-order valence-electron chi connectivity index (χ3n) is 6.84. The Kier molecular flexibility index (Phi) is 7.21. The van der Waals surface area contributed by atoms with Gasteiger partial charge in [-0.15, -0.1) is 0 Å². The minimum Gasteiger partial charge on any atom is -0.495 e. The van der Waals surface area contributed by atoms with Gasteiger partial charge in [0.25, 0.3) is 5.91 Å². The number of aryl methyl sites for hydroxylation is 1. The molecule has 3 heterocycles. The third-order valence-corrected chi connectivity index (χ3v) is 6.84. The summed E-state index contributed by atoms with van der Waals surface area (Å²) in [5.41, 5.74) is 18.0. The minimum absolute atomic E-state index is 0.0949. The van der Waals surface area contributed by atoms with Crippen LogP contribution >= 0.6 is 0 Å². The summed E-state index contributed by atoms with van der Waals surface area (Å²) in [7, 11) is 3.76. The molecule has 0 spiro atoms. The second kappa shape index (κ2) is 10.9. The number of nitrogen functional groups attached to an aromatic ring is 1. The number of nitrogens with zero attached hydrogens (tertiary/aromatic N) is 4. The van der Waals surface area contributed by atoms with Crippen LogP contribution in [0, 0.1) is 18.8 Å². The van der Waals surface area contributed by atoms with Crippen LogP contribution in [-0.2, 0) is 0 Å². The SMILES string of the molecule is COc1ccc(N2CCN(C)CC2)cc1C#Cc1cnc(N)nc1-c1cc(C(N)=O)c(-c2cccc(C)c2)[nH]1. The number of amides is 1. The van der Waals surface area contributed by atoms with Crippen molar-refractivity contribution in [1.29, 1.82) is 0 Å². The van der Waals surface area contributed by atoms with Crippen LogP contribution in [0.2, 0.25) is 0 Å². The number of ether oxygens (including phenoxy) is 1. The predicted molar refractivity (Wildman–Crippen MR) is 154 cm³/mol. The predicted octanol–water partition coefficient (Wildman–Crippen LogP) is 3.29. The number of aromatic amines is 1. The Balaban J connectivity index is 1.56. The number of benzene rings is 2. The van der Waals surface area contributed by atoms with Crippen LogP contribution in [0.25, 0.3) is 22.6 Å². The summed E-state index contributed by atoms with van der Waals surface area (Å²) in [6, 6.07) is 15.6. The molecule has 1 aliphatic heterocycles. The topological polar surface area (TPSA) is 126 Å². The highest BCUT2D eigenvalue weighted by molar-refractivity contribution is 6.00. The summed E-state index contributed by atoms with van der Waals surface area (Å²) >= 11 is 0. The van der Waals surface area contributed by atoms with Gasteiger partial charge in [-0.1, -0.05) is 35.6 Å². The van der Waals surface area contributed by atoms with Crippen LogP contribution in [0.3, 0.4) is 0 Å². The lowest BCUT2D eigenvalue weighted by Crippen LogP contribution is -2.44. The monoisotopic (exact) mass is 521 g/mol. The van der Waals surface area contributed by atoms with Gasteiger partial charge in [-0.3, -0.25) is 4.79 Å². The van der Waals surface area contributed by atoms with E-state index in [0.29, 0.717) is 34.0 Å². The molecule has 0 unspecified atom stereocenters. The number of rotatable bonds is 5. The quantitative estimate of drug-likeness (QED) is 0.344. The van der Waals surface area contributed by atoms with E-state index in [9.17, 15) is 4.79 Å². The molecule has 1 saturated heterocycles. The van der Waals surface area contributed by atoms with E-state index in [1.807, 2.05) is 43.3 Å². The molecule has 0 aliphatic carbocycles. The van der Waals surface area contributed by atoms with Crippen LogP contribution in [0.1, 0.15) is 27.0 Å². The molecule has 1 fully saturated rings. The Morgan fingerprint density at radius 3 is 2.54 bits per heavy atom. The molecule has 0 radical (unpaired) electrons. The first kappa shape index (κ1) is 25.8. The first-order chi connectivity index (χ1) is 18.8. The van der Waals surface area contributed by atoms with Crippen LogP contribution in [-0.4, -0.2) is 66.1 Å². The Bertz CT molecular complexity index is 1590. The molecule has 0 atom stereocenters. The fraction of sp³-hybridized carbons (Fsp3) is 0.233. The number of nitrogens with two attached hydrogens (primary N) is 2. The van der Waals surface area contributed by atoms with Crippen LogP contribution < -0.4 is 21.1 Å². The Morgan fingerprint density at radius 2 is 1.82 bits per heavy atom. The molecule has 5 rings (SSSR count). The first-order valence-electron chi connectivity index (χ1n) is 12.7. The number of H-pyrrole nitrogens is 1. The van der Waals surface area contributed by atoms with E-state index >= 15 is 0 Å². The van der Waals surface area contributed by atoms with Gasteiger partial charge in [0, 0.05) is 38.1 Å². The number of hydrogen-bond acceptors (Lipinski definition) is 7. The number of likely N-dealkylation sites (N-methyl/N-ethyl adjacent to an activating group) is 1. The molecule has 0 saturated carbocycles. The summed E-state index contributed by atoms with van der Waals surface area (Å²) in [6.45, 7) is 5.90. The second-order valence-electron chi connectivity index (χ2n) is 9.62. The van der Waals surface area contributed by atoms with Crippen molar-refractivity contribution in [2.75, 3.05) is 51.0 Å². The largest absolute Gasteiger partial charge is 0.495 e. The summed E-state index contributed by atoms with van der Waals surface area (Å²) in [6.07, 6.45) is 1.58. The lowest BCUT2D eigenvalue weighted by atomic mass is 10.1. The first-order valence-corrected chi connectivity index (χ1v) is 12.7. The molecule has 1 aliphatic rings. The third kappa shape index (κ3) is 5.56. The summed E-state index contributed by atoms with van der Waals surface area (Å²) in [4.78, 5) is 28.9. The molecule has 2 aromatic carbocycles. The van der Waals surface area contributed by atoms with E-state index in [1.54, 1.807) is 19.4 Å². The number of methoxy groups -OCH3 is 1. The number of hydrogen-bond donors (Lipinski definition) is 3. The summed E-state index contributed by atoms with van der Waals surface area (Å²) in [5.74, 6) is 6.67. The number of carbonyl (C=O) groups excluding carboxylic acids is 1. The summed E-state index contributed by atoms with van der Waals surface area (Å²) in [5, 5.41) is 0. The average molecular weight is 522 g/mol. The van der Waals surface area contributed by atoms with Crippen LogP contribution in [0.4, 0.5) is 11.6 Å². The van der Waals surface area contributed by atoms with E-state index in [2.05, 4.69) is 49.7 Å². The standard InChI is InChI=1S/C30H31N7O2/c1-19-5-4-6-21(15-19)27-24(29(31)38)17-25(34-27)28-22(18-33-30(32)35-28)8-7-20-16-23(9-10-26(20)39-3)37-13-11-36(2)12-14-37/h4-6,9-10,15-18,34H,11-14H2,1-3H3,(H2,31,38)(H2,32,33,35). The van der Waals surface area contributed by atoms with Gasteiger partial charge in [0.05, 0.1) is 35.2 Å². The number of anilines is 2. The highest BCUT2D eigenvalue weighted by Crippen LogP contribution is 2.31. The Labute approximate surface area is 227 Å². The van der Waals surface area contributed by atoms with Crippen molar-refractivity contribution in [3.05, 3.63) is 77.0 Å². The molecule has 0 bridgehead atoms. The van der Waals surface area contributed by atoms with E-state index in [4.69, 9.17) is 16.2 Å². The fourth-order valence-corrected chi connectivity index (χ4v) is 4.69. The Hall–Kier alpha value is -4.81. The molecule has 39 heavy (non-hydrogen) atoms. The highest BCUT2D eigenvalue weighted by atomic mass is 16.5. The van der Waals surface area contributed by atoms with Gasteiger partial charge < -0.3 is 31.0 Å². The van der Waals surface area contributed by atoms with Gasteiger partial charge in [-0.25, -0.2) is 9.97 Å². The number of nitrogens with one attached hydrogen (secondary N) is 1. The van der Waals surface area contributed by atoms with Gasteiger partial charge in [0.1, 0.15) is 11.4 Å². The van der Waals surface area contributed by atoms with Crippen molar-refractivity contribution in [1.82, 2.24) is 19.9 Å². The molecule has 2 aromatic heterocycles. The number of piperazine rings is 1. The van der Waals surface area contributed by atoms with Gasteiger partial charge in [0.15, 0.2) is 0 Å². The zero-order valence-electron chi connectivity index (χ0n) is 22.3. The van der Waals surface area contributed by atoms with E-state index < -0.39 is 5.91 Å². The maximum absolute atomic E-state index is 12.3. The average Bonchev–Trinajstić information content (AvgIpc) is 3.39. The maximum atomic E-state index is 12.3. The van der Waals surface area contributed by atoms with Gasteiger partial charge in [-0.05, 0) is 49.9 Å². The van der Waals surface area contributed by atoms with Crippen molar-refractivity contribution in [2.24, 2.45) is 5.73 Å². The molecule has 4 aromatic rings. The highest BCUT2D eigenvalue weighted by Gasteiger charge is 2.19. The molecule has 9 nitrogen and oxygen atoms in total. The molecular weight excluding hydrogens is 490 g/mol. The van der Waals surface area contributed by atoms with Crippen LogP contribution in [0.5, 0.6) is 5.75 Å². The second-order valence-corrected chi connectivity index (χ2v) is 9.62. The molecule has 9 heteroatoms. The number of primary amides is 1. The van der Waals surface area contributed by atoms with E-state index in [1.165, 1.54) is 0 Å². The smallest absolute Gasteiger partial charge is 0.250 e. The molecule has 5 N–H and O–H groups in total. The Morgan fingerprint density at radius 1 is 1.05 bits per heavy atom. The van der Waals surface area contributed by atoms with Crippen molar-refractivity contribution in [2.45, 2.75) is 6.92 Å². The van der Waals surface area contributed by atoms with Crippen molar-refractivity contribution in [3.63, 3.8) is 0 Å². The van der Waals surface area contributed by atoms with E-state index in [-0.39, 0.29) is 5.95 Å². The maximum Gasteiger partial charge on any atom is 0.250 e.